The lowest BCUT2D eigenvalue weighted by molar-refractivity contribution is -0.385. The summed E-state index contributed by atoms with van der Waals surface area (Å²) in [6.07, 6.45) is 1.39. The Balaban J connectivity index is 1.71. The summed E-state index contributed by atoms with van der Waals surface area (Å²) in [6.45, 7) is 1.47. The van der Waals surface area contributed by atoms with Crippen LogP contribution in [0.1, 0.15) is 16.2 Å². The van der Waals surface area contributed by atoms with Crippen LogP contribution in [0, 0.1) is 17.0 Å². The third-order valence-corrected chi connectivity index (χ3v) is 3.82. The van der Waals surface area contributed by atoms with Crippen molar-refractivity contribution >= 4 is 33.2 Å². The summed E-state index contributed by atoms with van der Waals surface area (Å²) >= 11 is 3.35. The van der Waals surface area contributed by atoms with Gasteiger partial charge in [-0.2, -0.15) is 5.10 Å². The highest BCUT2D eigenvalue weighted by molar-refractivity contribution is 9.10. The van der Waals surface area contributed by atoms with Crippen molar-refractivity contribution in [1.29, 1.82) is 0 Å². The molecule has 26 heavy (non-hydrogen) atoms. The van der Waals surface area contributed by atoms with Crippen molar-refractivity contribution in [3.05, 3.63) is 68.6 Å². The Kier molecular flexibility index (Phi) is 4.94. The number of carbonyl (C=O) groups is 1. The Bertz CT molecular complexity index is 971. The molecule has 1 amide bonds. The SMILES string of the molecule is Cc1[nH]nc(C(=O)Nc2ccc(Oc3cccc(Br)c3)nc2)c1[N+](=O)[O-]. The number of anilines is 1. The molecule has 2 aromatic heterocycles. The average Bonchev–Trinajstić information content (AvgIpc) is 2.99. The van der Waals surface area contributed by atoms with Gasteiger partial charge in [0.15, 0.2) is 0 Å². The van der Waals surface area contributed by atoms with Crippen molar-refractivity contribution < 1.29 is 14.5 Å². The van der Waals surface area contributed by atoms with Gasteiger partial charge in [-0.15, -0.1) is 0 Å². The first-order valence-corrected chi connectivity index (χ1v) is 8.13. The van der Waals surface area contributed by atoms with Crippen molar-refractivity contribution in [3.63, 3.8) is 0 Å². The molecule has 2 N–H and O–H groups in total. The fourth-order valence-corrected chi connectivity index (χ4v) is 2.54. The maximum absolute atomic E-state index is 12.2. The number of pyridine rings is 1. The zero-order valence-electron chi connectivity index (χ0n) is 13.4. The van der Waals surface area contributed by atoms with Crippen molar-refractivity contribution in [2.24, 2.45) is 0 Å². The molecule has 0 saturated carbocycles. The number of ether oxygens (including phenoxy) is 1. The lowest BCUT2D eigenvalue weighted by Gasteiger charge is -2.06. The number of aromatic amines is 1. The first-order chi connectivity index (χ1) is 12.4. The molecule has 1 aromatic carbocycles. The second kappa shape index (κ2) is 7.31. The Morgan fingerprint density at radius 3 is 2.81 bits per heavy atom. The summed E-state index contributed by atoms with van der Waals surface area (Å²) in [5, 5.41) is 19.7. The first kappa shape index (κ1) is 17.5. The maximum Gasteiger partial charge on any atom is 0.322 e. The molecule has 9 nitrogen and oxygen atoms in total. The van der Waals surface area contributed by atoms with Gasteiger partial charge in [0, 0.05) is 10.5 Å². The number of carbonyl (C=O) groups excluding carboxylic acids is 1. The molecule has 0 saturated heterocycles. The summed E-state index contributed by atoms with van der Waals surface area (Å²) in [5.41, 5.74) is -0.0883. The zero-order valence-corrected chi connectivity index (χ0v) is 15.0. The maximum atomic E-state index is 12.2. The van der Waals surface area contributed by atoms with Gasteiger partial charge in [-0.1, -0.05) is 22.0 Å². The summed E-state index contributed by atoms with van der Waals surface area (Å²) in [4.78, 5) is 26.7. The number of H-pyrrole nitrogens is 1. The number of aryl methyl sites for hydroxylation is 1. The van der Waals surface area contributed by atoms with Crippen LogP contribution < -0.4 is 10.1 Å². The van der Waals surface area contributed by atoms with E-state index in [-0.39, 0.29) is 17.1 Å². The molecule has 0 spiro atoms. The van der Waals surface area contributed by atoms with Crippen LogP contribution >= 0.6 is 15.9 Å². The van der Waals surface area contributed by atoms with Crippen LogP contribution in [0.25, 0.3) is 0 Å². The number of aromatic nitrogens is 3. The van der Waals surface area contributed by atoms with Crippen LogP contribution in [0.15, 0.2) is 47.1 Å². The van der Waals surface area contributed by atoms with Gasteiger partial charge < -0.3 is 10.1 Å². The van der Waals surface area contributed by atoms with Crippen molar-refractivity contribution in [2.75, 3.05) is 5.32 Å². The number of halogens is 1. The summed E-state index contributed by atoms with van der Waals surface area (Å²) < 4.78 is 6.47. The molecule has 2 heterocycles. The largest absolute Gasteiger partial charge is 0.439 e. The van der Waals surface area contributed by atoms with Crippen LogP contribution in [0.5, 0.6) is 11.6 Å². The fourth-order valence-electron chi connectivity index (χ4n) is 2.16. The molecule has 0 atom stereocenters. The van der Waals surface area contributed by atoms with E-state index >= 15 is 0 Å². The van der Waals surface area contributed by atoms with Gasteiger partial charge in [0.25, 0.3) is 5.91 Å². The monoisotopic (exact) mass is 417 g/mol. The number of hydrogen-bond donors (Lipinski definition) is 2. The minimum absolute atomic E-state index is 0.205. The lowest BCUT2D eigenvalue weighted by Crippen LogP contribution is -2.14. The second-order valence-corrected chi connectivity index (χ2v) is 6.12. The van der Waals surface area contributed by atoms with Gasteiger partial charge in [0.1, 0.15) is 11.4 Å². The lowest BCUT2D eigenvalue weighted by atomic mass is 10.3. The number of nitro groups is 1. The topological polar surface area (TPSA) is 123 Å². The third-order valence-electron chi connectivity index (χ3n) is 3.33. The Labute approximate surface area is 155 Å². The molecule has 0 bridgehead atoms. The number of amides is 1. The van der Waals surface area contributed by atoms with E-state index in [0.717, 1.165) is 4.47 Å². The molecule has 132 valence electrons. The number of hydrogen-bond acceptors (Lipinski definition) is 6. The summed E-state index contributed by atoms with van der Waals surface area (Å²) in [5.74, 6) is 0.234. The number of rotatable bonds is 5. The van der Waals surface area contributed by atoms with E-state index < -0.39 is 10.8 Å². The van der Waals surface area contributed by atoms with Gasteiger partial charge in [-0.05, 0) is 31.2 Å². The molecular weight excluding hydrogens is 406 g/mol. The molecule has 0 aliphatic carbocycles. The molecule has 3 rings (SSSR count). The van der Waals surface area contributed by atoms with Gasteiger partial charge in [0.2, 0.25) is 11.6 Å². The van der Waals surface area contributed by atoms with Crippen molar-refractivity contribution in [3.8, 4) is 11.6 Å². The summed E-state index contributed by atoms with van der Waals surface area (Å²) in [7, 11) is 0. The predicted octanol–water partition coefficient (Wildman–Crippen LogP) is 3.83. The Morgan fingerprint density at radius 1 is 1.35 bits per heavy atom. The van der Waals surface area contributed by atoms with Gasteiger partial charge in [-0.25, -0.2) is 4.98 Å². The molecule has 10 heteroatoms. The molecule has 0 aliphatic rings. The van der Waals surface area contributed by atoms with E-state index in [9.17, 15) is 14.9 Å². The highest BCUT2D eigenvalue weighted by Gasteiger charge is 2.27. The highest BCUT2D eigenvalue weighted by atomic mass is 79.9. The van der Waals surface area contributed by atoms with E-state index in [1.54, 1.807) is 24.3 Å². The third kappa shape index (κ3) is 3.86. The smallest absolute Gasteiger partial charge is 0.322 e. The van der Waals surface area contributed by atoms with E-state index in [1.807, 2.05) is 12.1 Å². The normalized spacial score (nSPS) is 10.4. The summed E-state index contributed by atoms with van der Waals surface area (Å²) in [6, 6.07) is 10.4. The number of benzene rings is 1. The number of nitrogens with one attached hydrogen (secondary N) is 2. The highest BCUT2D eigenvalue weighted by Crippen LogP contribution is 2.24. The van der Waals surface area contributed by atoms with Crippen molar-refractivity contribution in [2.45, 2.75) is 6.92 Å². The zero-order chi connectivity index (χ0) is 18.7. The minimum atomic E-state index is -0.705. The van der Waals surface area contributed by atoms with Crippen LogP contribution in [-0.2, 0) is 0 Å². The minimum Gasteiger partial charge on any atom is -0.439 e. The molecule has 0 fully saturated rings. The average molecular weight is 418 g/mol. The van der Waals surface area contributed by atoms with Crippen LogP contribution in [-0.4, -0.2) is 26.0 Å². The molecule has 0 aliphatic heterocycles. The molecular formula is C16H12BrN5O4. The first-order valence-electron chi connectivity index (χ1n) is 7.34. The van der Waals surface area contributed by atoms with Crippen LogP contribution in [0.4, 0.5) is 11.4 Å². The van der Waals surface area contributed by atoms with Crippen LogP contribution in [0.2, 0.25) is 0 Å². The predicted molar refractivity (Wildman–Crippen MR) is 96.4 cm³/mol. The fraction of sp³-hybridized carbons (Fsp3) is 0.0625. The molecule has 0 unspecified atom stereocenters. The Morgan fingerprint density at radius 2 is 2.15 bits per heavy atom. The van der Waals surface area contributed by atoms with E-state index in [0.29, 0.717) is 17.3 Å². The van der Waals surface area contributed by atoms with Crippen molar-refractivity contribution in [1.82, 2.24) is 15.2 Å². The number of nitrogens with zero attached hydrogens (tertiary/aromatic N) is 3. The molecule has 0 radical (unpaired) electrons. The van der Waals surface area contributed by atoms with Gasteiger partial charge in [0.05, 0.1) is 16.8 Å². The quantitative estimate of drug-likeness (QED) is 0.480. The van der Waals surface area contributed by atoms with Crippen LogP contribution in [0.3, 0.4) is 0 Å². The second-order valence-electron chi connectivity index (χ2n) is 5.20. The Hall–Kier alpha value is -3.27. The standard InChI is InChI=1S/C16H12BrN5O4/c1-9-15(22(24)25)14(21-20-9)16(23)19-11-5-6-13(18-8-11)26-12-4-2-3-10(17)7-12/h2-8H,1H3,(H,19,23)(H,20,21). The van der Waals surface area contributed by atoms with Gasteiger partial charge >= 0.3 is 5.69 Å². The van der Waals surface area contributed by atoms with E-state index in [4.69, 9.17) is 4.74 Å². The van der Waals surface area contributed by atoms with Gasteiger partial charge in [-0.3, -0.25) is 20.0 Å². The van der Waals surface area contributed by atoms with E-state index in [1.165, 1.54) is 13.1 Å². The van der Waals surface area contributed by atoms with E-state index in [2.05, 4.69) is 36.4 Å². The molecule has 3 aromatic rings.